The second-order valence-corrected chi connectivity index (χ2v) is 8.10. The number of hydrogen-bond donors (Lipinski definition) is 1. The minimum atomic E-state index is -0.517. The van der Waals surface area contributed by atoms with Crippen molar-refractivity contribution in [2.75, 3.05) is 13.1 Å². The molecule has 0 aromatic carbocycles. The van der Waals surface area contributed by atoms with Crippen LogP contribution in [-0.2, 0) is 9.59 Å². The summed E-state index contributed by atoms with van der Waals surface area (Å²) in [5, 5.41) is 13.8. The van der Waals surface area contributed by atoms with E-state index in [1.165, 1.54) is 18.2 Å². The summed E-state index contributed by atoms with van der Waals surface area (Å²) < 4.78 is 0.450. The van der Waals surface area contributed by atoms with Crippen molar-refractivity contribution in [3.63, 3.8) is 0 Å². The Bertz CT molecular complexity index is 948. The van der Waals surface area contributed by atoms with Crippen molar-refractivity contribution < 1.29 is 14.5 Å². The molecule has 1 fully saturated rings. The lowest BCUT2D eigenvalue weighted by Crippen LogP contribution is -2.41. The number of likely N-dealkylation sites (tertiary alicyclic amines) is 1. The predicted octanol–water partition coefficient (Wildman–Crippen LogP) is 4.85. The minimum absolute atomic E-state index is 0.00806. The Morgan fingerprint density at radius 3 is 2.62 bits per heavy atom. The first kappa shape index (κ1) is 25.3. The molecule has 2 aliphatic rings. The van der Waals surface area contributed by atoms with Crippen molar-refractivity contribution in [1.29, 1.82) is 0 Å². The maximum Gasteiger partial charge on any atom is 0.271 e. The van der Waals surface area contributed by atoms with Crippen molar-refractivity contribution >= 4 is 27.7 Å². The first-order chi connectivity index (χ1) is 15.4. The summed E-state index contributed by atoms with van der Waals surface area (Å²) in [5.74, 6) is -0.790. The van der Waals surface area contributed by atoms with Gasteiger partial charge in [-0.2, -0.15) is 0 Å². The number of nitrogens with zero attached hydrogens (tertiary/aromatic N) is 2. The largest absolute Gasteiger partial charge is 0.337 e. The number of nitrogens with one attached hydrogen (secondary N) is 1. The molecule has 0 radical (unpaired) electrons. The molecule has 170 valence electrons. The lowest BCUT2D eigenvalue weighted by molar-refractivity contribution is -0.426. The Hall–Kier alpha value is -3.00. The van der Waals surface area contributed by atoms with Gasteiger partial charge in [-0.1, -0.05) is 50.0 Å². The molecule has 7 nitrogen and oxygen atoms in total. The molecule has 0 saturated carbocycles. The number of hydrogen-bond acceptors (Lipinski definition) is 4. The standard InChI is InChI=1S/C24H28BrN3O4/c1-3-5-11-18(10-4-2)21(25)22(24(30)27-16-7-6-8-17-27)26-23(29)19-12-9-13-20(15-14-19)28(31)32/h4-5,9-12,14-15H,2-3,6-8,13,16-17H2,1H3,(H,26,29)/b11-5?,18-10+,22-21+. The lowest BCUT2D eigenvalue weighted by atomic mass is 10.1. The quantitative estimate of drug-likeness (QED) is 0.222. The second kappa shape index (κ2) is 12.8. The maximum absolute atomic E-state index is 13.4. The third kappa shape index (κ3) is 7.02. The van der Waals surface area contributed by atoms with Crippen LogP contribution in [0.3, 0.4) is 0 Å². The summed E-state index contributed by atoms with van der Waals surface area (Å²) in [7, 11) is 0. The van der Waals surface area contributed by atoms with Gasteiger partial charge in [0.05, 0.1) is 15.8 Å². The Morgan fingerprint density at radius 2 is 2.00 bits per heavy atom. The molecular formula is C24H28BrN3O4. The zero-order valence-corrected chi connectivity index (χ0v) is 19.8. The lowest BCUT2D eigenvalue weighted by Gasteiger charge is -2.28. The summed E-state index contributed by atoms with van der Waals surface area (Å²) in [6, 6.07) is 0. The molecule has 1 aliphatic carbocycles. The van der Waals surface area contributed by atoms with Gasteiger partial charge in [0.1, 0.15) is 5.70 Å². The number of allylic oxidation sites excluding steroid dienone is 9. The van der Waals surface area contributed by atoms with Crippen molar-refractivity contribution in [2.24, 2.45) is 0 Å². The molecule has 0 aromatic heterocycles. The zero-order valence-electron chi connectivity index (χ0n) is 18.2. The number of carbonyl (C=O) groups is 2. The molecule has 0 bridgehead atoms. The molecule has 8 heteroatoms. The second-order valence-electron chi connectivity index (χ2n) is 7.31. The number of nitro groups is 1. The van der Waals surface area contributed by atoms with Crippen molar-refractivity contribution in [3.05, 3.63) is 92.3 Å². The summed E-state index contributed by atoms with van der Waals surface area (Å²) in [4.78, 5) is 38.7. The summed E-state index contributed by atoms with van der Waals surface area (Å²) >= 11 is 3.52. The Balaban J connectivity index is 2.44. The van der Waals surface area contributed by atoms with Crippen LogP contribution < -0.4 is 5.32 Å². The maximum atomic E-state index is 13.4. The average Bonchev–Trinajstić information content (AvgIpc) is 3.06. The van der Waals surface area contributed by atoms with Gasteiger partial charge in [0.25, 0.3) is 11.8 Å². The average molecular weight is 502 g/mol. The smallest absolute Gasteiger partial charge is 0.271 e. The first-order valence-electron chi connectivity index (χ1n) is 10.6. The SMILES string of the molecule is C=C/C=C(C=CCC)/C(Br)=C(\NC(=O)C1=CC=C([N+](=O)[O-])CC=C1)C(=O)N1CCCCC1. The Kier molecular flexibility index (Phi) is 10.1. The fourth-order valence-corrected chi connectivity index (χ4v) is 3.80. The Labute approximate surface area is 196 Å². The number of amides is 2. The third-order valence-corrected chi connectivity index (χ3v) is 5.83. The normalized spacial score (nSPS) is 17.8. The first-order valence-corrected chi connectivity index (χ1v) is 11.4. The van der Waals surface area contributed by atoms with E-state index in [9.17, 15) is 19.7 Å². The van der Waals surface area contributed by atoms with E-state index < -0.39 is 10.8 Å². The van der Waals surface area contributed by atoms with Gasteiger partial charge in [0.15, 0.2) is 0 Å². The van der Waals surface area contributed by atoms with Crippen LogP contribution in [0.25, 0.3) is 0 Å². The monoisotopic (exact) mass is 501 g/mol. The van der Waals surface area contributed by atoms with E-state index in [1.807, 2.05) is 19.1 Å². The van der Waals surface area contributed by atoms with E-state index in [2.05, 4.69) is 27.8 Å². The van der Waals surface area contributed by atoms with E-state index in [4.69, 9.17) is 0 Å². The van der Waals surface area contributed by atoms with Crippen LogP contribution >= 0.6 is 15.9 Å². The number of piperidine rings is 1. The van der Waals surface area contributed by atoms with E-state index in [0.717, 1.165) is 25.7 Å². The topological polar surface area (TPSA) is 92.5 Å². The molecule has 0 spiro atoms. The van der Waals surface area contributed by atoms with E-state index in [0.29, 0.717) is 23.1 Å². The molecule has 1 N–H and O–H groups in total. The minimum Gasteiger partial charge on any atom is -0.337 e. The van der Waals surface area contributed by atoms with Crippen molar-refractivity contribution in [1.82, 2.24) is 10.2 Å². The highest BCUT2D eigenvalue weighted by Crippen LogP contribution is 2.25. The predicted molar refractivity (Wildman–Crippen MR) is 129 cm³/mol. The molecule has 1 heterocycles. The third-order valence-electron chi connectivity index (χ3n) is 4.98. The van der Waals surface area contributed by atoms with Gasteiger partial charge < -0.3 is 10.2 Å². The van der Waals surface area contributed by atoms with Crippen molar-refractivity contribution in [2.45, 2.75) is 39.0 Å². The van der Waals surface area contributed by atoms with Crippen LogP contribution in [0, 0.1) is 10.1 Å². The summed E-state index contributed by atoms with van der Waals surface area (Å²) in [6.45, 7) is 6.99. The van der Waals surface area contributed by atoms with Gasteiger partial charge in [-0.05, 0) is 53.3 Å². The van der Waals surface area contributed by atoms with Gasteiger partial charge in [-0.3, -0.25) is 19.7 Å². The van der Waals surface area contributed by atoms with Gasteiger partial charge in [-0.25, -0.2) is 0 Å². The van der Waals surface area contributed by atoms with Crippen LogP contribution in [0.1, 0.15) is 39.0 Å². The number of rotatable bonds is 8. The number of carbonyl (C=O) groups excluding carboxylic acids is 2. The van der Waals surface area contributed by atoms with Crippen LogP contribution in [0.2, 0.25) is 0 Å². The van der Waals surface area contributed by atoms with Gasteiger partial charge in [0.2, 0.25) is 5.70 Å². The van der Waals surface area contributed by atoms with E-state index >= 15 is 0 Å². The summed E-state index contributed by atoms with van der Waals surface area (Å²) in [6.07, 6.45) is 16.8. The molecular weight excluding hydrogens is 474 g/mol. The Morgan fingerprint density at radius 1 is 1.28 bits per heavy atom. The molecule has 1 saturated heterocycles. The zero-order chi connectivity index (χ0) is 23.5. The van der Waals surface area contributed by atoms with Crippen LogP contribution in [-0.4, -0.2) is 34.7 Å². The highest BCUT2D eigenvalue weighted by atomic mass is 79.9. The van der Waals surface area contributed by atoms with E-state index in [-0.39, 0.29) is 29.3 Å². The van der Waals surface area contributed by atoms with Gasteiger partial charge >= 0.3 is 0 Å². The van der Waals surface area contributed by atoms with Crippen LogP contribution in [0.4, 0.5) is 0 Å². The molecule has 0 aromatic rings. The molecule has 32 heavy (non-hydrogen) atoms. The fraction of sp³-hybridized carbons (Fsp3) is 0.333. The highest BCUT2D eigenvalue weighted by molar-refractivity contribution is 9.12. The summed E-state index contributed by atoms with van der Waals surface area (Å²) in [5.41, 5.74) is 1.04. The molecule has 0 unspecified atom stereocenters. The van der Waals surface area contributed by atoms with Crippen molar-refractivity contribution in [3.8, 4) is 0 Å². The highest BCUT2D eigenvalue weighted by Gasteiger charge is 2.26. The van der Waals surface area contributed by atoms with E-state index in [1.54, 1.807) is 23.1 Å². The molecule has 0 atom stereocenters. The number of halogens is 1. The van der Waals surface area contributed by atoms with Gasteiger partial charge in [-0.15, -0.1) is 0 Å². The molecule has 1 aliphatic heterocycles. The van der Waals surface area contributed by atoms with Crippen LogP contribution in [0.15, 0.2) is 82.2 Å². The molecule has 2 rings (SSSR count). The van der Waals surface area contributed by atoms with Crippen LogP contribution in [0.5, 0.6) is 0 Å². The van der Waals surface area contributed by atoms with Gasteiger partial charge in [0, 0.05) is 24.7 Å². The molecule has 2 amide bonds. The fourth-order valence-electron chi connectivity index (χ4n) is 3.26.